The zero-order chi connectivity index (χ0) is 19.8. The molecule has 27 heavy (non-hydrogen) atoms. The zero-order valence-electron chi connectivity index (χ0n) is 15.4. The maximum atomic E-state index is 12.2. The van der Waals surface area contributed by atoms with Crippen LogP contribution in [0.5, 0.6) is 17.2 Å². The number of hydrogen-bond donors (Lipinski definition) is 1. The molecule has 1 N–H and O–H groups in total. The molecule has 0 fully saturated rings. The molecule has 0 aliphatic carbocycles. The first-order valence-corrected chi connectivity index (χ1v) is 8.15. The second kappa shape index (κ2) is 9.72. The fourth-order valence-electron chi connectivity index (χ4n) is 2.51. The molecule has 8 heteroatoms. The Hall–Kier alpha value is -2.87. The summed E-state index contributed by atoms with van der Waals surface area (Å²) in [7, 11) is 4.95. The molecule has 0 heterocycles. The Bertz CT molecular complexity index is 754. The van der Waals surface area contributed by atoms with E-state index in [-0.39, 0.29) is 18.2 Å². The van der Waals surface area contributed by atoms with Gasteiger partial charge in [0, 0.05) is 12.2 Å². The summed E-state index contributed by atoms with van der Waals surface area (Å²) in [5.41, 5.74) is 1.47. The Balaban J connectivity index is 1.88. The van der Waals surface area contributed by atoms with Crippen LogP contribution in [0.4, 0.5) is 14.5 Å². The Labute approximate surface area is 156 Å². The van der Waals surface area contributed by atoms with Gasteiger partial charge in [0.05, 0.1) is 20.8 Å². The predicted octanol–water partition coefficient (Wildman–Crippen LogP) is 3.38. The first-order chi connectivity index (χ1) is 12.9. The van der Waals surface area contributed by atoms with Gasteiger partial charge >= 0.3 is 6.61 Å². The molecular formula is C19H22F2N2O4. The summed E-state index contributed by atoms with van der Waals surface area (Å²) in [6.45, 7) is -2.19. The number of rotatable bonds is 9. The molecule has 0 aliphatic rings. The lowest BCUT2D eigenvalue weighted by Crippen LogP contribution is -2.29. The van der Waals surface area contributed by atoms with Gasteiger partial charge in [-0.05, 0) is 49.0 Å². The van der Waals surface area contributed by atoms with E-state index in [0.29, 0.717) is 23.7 Å². The van der Waals surface area contributed by atoms with E-state index in [9.17, 15) is 13.6 Å². The van der Waals surface area contributed by atoms with Gasteiger partial charge < -0.3 is 19.5 Å². The van der Waals surface area contributed by atoms with Crippen molar-refractivity contribution in [1.29, 1.82) is 0 Å². The van der Waals surface area contributed by atoms with Crippen LogP contribution in [0.2, 0.25) is 0 Å². The van der Waals surface area contributed by atoms with Crippen LogP contribution in [-0.4, -0.2) is 45.2 Å². The van der Waals surface area contributed by atoms with E-state index in [1.807, 2.05) is 30.1 Å². The number of carbonyl (C=O) groups is 1. The summed E-state index contributed by atoms with van der Waals surface area (Å²) in [5, 5.41) is 2.71. The third-order valence-electron chi connectivity index (χ3n) is 3.68. The van der Waals surface area contributed by atoms with Crippen LogP contribution < -0.4 is 19.5 Å². The molecule has 0 saturated heterocycles. The molecule has 6 nitrogen and oxygen atoms in total. The molecule has 146 valence electrons. The maximum Gasteiger partial charge on any atom is 0.387 e. The molecule has 2 aromatic carbocycles. The molecule has 0 atom stereocenters. The highest BCUT2D eigenvalue weighted by molar-refractivity contribution is 5.92. The van der Waals surface area contributed by atoms with E-state index in [1.165, 1.54) is 24.3 Å². The molecule has 0 saturated carbocycles. The molecule has 0 spiro atoms. The summed E-state index contributed by atoms with van der Waals surface area (Å²) < 4.78 is 39.0. The van der Waals surface area contributed by atoms with Gasteiger partial charge in [-0.3, -0.25) is 9.69 Å². The summed E-state index contributed by atoms with van der Waals surface area (Å²) >= 11 is 0. The Morgan fingerprint density at radius 3 is 2.33 bits per heavy atom. The lowest BCUT2D eigenvalue weighted by atomic mass is 10.2. The third-order valence-corrected chi connectivity index (χ3v) is 3.68. The SMILES string of the molecule is COc1ccc(CN(C)CC(=O)Nc2ccc(OC(F)F)cc2)cc1OC. The monoisotopic (exact) mass is 380 g/mol. The topological polar surface area (TPSA) is 60.0 Å². The Kier molecular flexibility index (Phi) is 7.36. The number of carbonyl (C=O) groups excluding carboxylic acids is 1. The van der Waals surface area contributed by atoms with Gasteiger partial charge in [0.2, 0.25) is 5.91 Å². The van der Waals surface area contributed by atoms with Crippen molar-refractivity contribution in [1.82, 2.24) is 4.90 Å². The molecular weight excluding hydrogens is 358 g/mol. The average molecular weight is 380 g/mol. The van der Waals surface area contributed by atoms with Crippen molar-refractivity contribution >= 4 is 11.6 Å². The van der Waals surface area contributed by atoms with Gasteiger partial charge in [-0.1, -0.05) is 6.07 Å². The summed E-state index contributed by atoms with van der Waals surface area (Å²) in [6, 6.07) is 11.3. The van der Waals surface area contributed by atoms with Crippen LogP contribution in [-0.2, 0) is 11.3 Å². The number of nitrogens with zero attached hydrogens (tertiary/aromatic N) is 1. The number of methoxy groups -OCH3 is 2. The van der Waals surface area contributed by atoms with Gasteiger partial charge in [-0.2, -0.15) is 8.78 Å². The van der Waals surface area contributed by atoms with Crippen molar-refractivity contribution < 1.29 is 27.8 Å². The van der Waals surface area contributed by atoms with Crippen molar-refractivity contribution in [3.63, 3.8) is 0 Å². The van der Waals surface area contributed by atoms with E-state index >= 15 is 0 Å². The molecule has 0 aromatic heterocycles. The molecule has 2 aromatic rings. The molecule has 0 aliphatic heterocycles. The van der Waals surface area contributed by atoms with Crippen LogP contribution in [0, 0.1) is 0 Å². The van der Waals surface area contributed by atoms with E-state index in [2.05, 4.69) is 10.1 Å². The van der Waals surface area contributed by atoms with E-state index in [0.717, 1.165) is 5.56 Å². The standard InChI is InChI=1S/C19H22F2N2O4/c1-23(11-13-4-9-16(25-2)17(10-13)26-3)12-18(24)22-14-5-7-15(8-6-14)27-19(20)21/h4-10,19H,11-12H2,1-3H3,(H,22,24). The molecule has 0 unspecified atom stereocenters. The first kappa shape index (κ1) is 20.4. The lowest BCUT2D eigenvalue weighted by Gasteiger charge is -2.17. The fourth-order valence-corrected chi connectivity index (χ4v) is 2.51. The number of anilines is 1. The molecule has 0 bridgehead atoms. The Morgan fingerprint density at radius 1 is 1.07 bits per heavy atom. The van der Waals surface area contributed by atoms with E-state index < -0.39 is 6.61 Å². The summed E-state index contributed by atoms with van der Waals surface area (Å²) in [6.07, 6.45) is 0. The van der Waals surface area contributed by atoms with Crippen molar-refractivity contribution in [2.45, 2.75) is 13.2 Å². The van der Waals surface area contributed by atoms with Gasteiger partial charge in [0.1, 0.15) is 5.75 Å². The number of amides is 1. The predicted molar refractivity (Wildman–Crippen MR) is 97.6 cm³/mol. The maximum absolute atomic E-state index is 12.2. The minimum absolute atomic E-state index is 0.0357. The fraction of sp³-hybridized carbons (Fsp3) is 0.316. The first-order valence-electron chi connectivity index (χ1n) is 8.15. The van der Waals surface area contributed by atoms with Gasteiger partial charge in [-0.15, -0.1) is 0 Å². The number of hydrogen-bond acceptors (Lipinski definition) is 5. The van der Waals surface area contributed by atoms with Crippen LogP contribution in [0.25, 0.3) is 0 Å². The number of ether oxygens (including phenoxy) is 3. The van der Waals surface area contributed by atoms with Crippen molar-refractivity contribution in [3.05, 3.63) is 48.0 Å². The second-order valence-corrected chi connectivity index (χ2v) is 5.81. The number of alkyl halides is 2. The largest absolute Gasteiger partial charge is 0.493 e. The Morgan fingerprint density at radius 2 is 1.74 bits per heavy atom. The van der Waals surface area contributed by atoms with Gasteiger partial charge in [0.25, 0.3) is 0 Å². The van der Waals surface area contributed by atoms with Gasteiger partial charge in [0.15, 0.2) is 11.5 Å². The number of halogens is 2. The average Bonchev–Trinajstić information content (AvgIpc) is 2.62. The smallest absolute Gasteiger partial charge is 0.387 e. The number of nitrogens with one attached hydrogen (secondary N) is 1. The highest BCUT2D eigenvalue weighted by atomic mass is 19.3. The van der Waals surface area contributed by atoms with Gasteiger partial charge in [-0.25, -0.2) is 0 Å². The number of benzene rings is 2. The van der Waals surface area contributed by atoms with Crippen LogP contribution in [0.1, 0.15) is 5.56 Å². The van der Waals surface area contributed by atoms with E-state index in [1.54, 1.807) is 14.2 Å². The minimum Gasteiger partial charge on any atom is -0.493 e. The third kappa shape index (κ3) is 6.41. The highest BCUT2D eigenvalue weighted by Gasteiger charge is 2.11. The molecule has 1 amide bonds. The molecule has 0 radical (unpaired) electrons. The van der Waals surface area contributed by atoms with Crippen molar-refractivity contribution in [2.24, 2.45) is 0 Å². The summed E-state index contributed by atoms with van der Waals surface area (Å²) in [5.74, 6) is 1.08. The van der Waals surface area contributed by atoms with E-state index in [4.69, 9.17) is 9.47 Å². The summed E-state index contributed by atoms with van der Waals surface area (Å²) in [4.78, 5) is 14.0. The van der Waals surface area contributed by atoms with Crippen molar-refractivity contribution in [3.8, 4) is 17.2 Å². The number of likely N-dealkylation sites (N-methyl/N-ethyl adjacent to an activating group) is 1. The van der Waals surface area contributed by atoms with Crippen molar-refractivity contribution in [2.75, 3.05) is 33.1 Å². The molecule has 2 rings (SSSR count). The van der Waals surface area contributed by atoms with Crippen LogP contribution in [0.15, 0.2) is 42.5 Å². The lowest BCUT2D eigenvalue weighted by molar-refractivity contribution is -0.117. The quantitative estimate of drug-likeness (QED) is 0.723. The van der Waals surface area contributed by atoms with Crippen LogP contribution >= 0.6 is 0 Å². The highest BCUT2D eigenvalue weighted by Crippen LogP contribution is 2.27. The zero-order valence-corrected chi connectivity index (χ0v) is 15.4. The normalized spacial score (nSPS) is 10.8. The second-order valence-electron chi connectivity index (χ2n) is 5.81. The van der Waals surface area contributed by atoms with Crippen LogP contribution in [0.3, 0.4) is 0 Å². The minimum atomic E-state index is -2.88.